The average Bonchev–Trinajstić information content (AvgIpc) is 2.70. The third-order valence-electron chi connectivity index (χ3n) is 2.36. The van der Waals surface area contributed by atoms with Crippen molar-refractivity contribution in [1.29, 1.82) is 0 Å². The second kappa shape index (κ2) is 5.90. The Balaban J connectivity index is 2.12. The zero-order valence-corrected chi connectivity index (χ0v) is 10.0. The van der Waals surface area contributed by atoms with Crippen LogP contribution in [0.4, 0.5) is 0 Å². The Morgan fingerprint density at radius 1 is 1.28 bits per heavy atom. The molecule has 2 aromatic rings. The van der Waals surface area contributed by atoms with Crippen molar-refractivity contribution in [2.24, 2.45) is 0 Å². The van der Waals surface area contributed by atoms with E-state index in [-0.39, 0.29) is 5.75 Å². The van der Waals surface area contributed by atoms with Crippen LogP contribution < -0.4 is 14.7 Å². The molecule has 5 nitrogen and oxygen atoms in total. The number of furan rings is 1. The van der Waals surface area contributed by atoms with Crippen LogP contribution in [0, 0.1) is 0 Å². The fourth-order valence-corrected chi connectivity index (χ4v) is 1.65. The molecule has 0 amide bonds. The van der Waals surface area contributed by atoms with Gasteiger partial charge in [0.25, 0.3) is 0 Å². The molecule has 96 valence electrons. The highest BCUT2D eigenvalue weighted by Crippen LogP contribution is 2.24. The van der Waals surface area contributed by atoms with E-state index >= 15 is 0 Å². The first-order valence-electron chi connectivity index (χ1n) is 5.77. The van der Waals surface area contributed by atoms with E-state index in [4.69, 9.17) is 9.15 Å². The first-order chi connectivity index (χ1) is 8.69. The highest BCUT2D eigenvalue weighted by Gasteiger charge is 2.05. The zero-order valence-electron chi connectivity index (χ0n) is 10.0. The molecule has 0 bridgehead atoms. The summed E-state index contributed by atoms with van der Waals surface area (Å²) in [5.41, 5.74) is 0.672. The summed E-state index contributed by atoms with van der Waals surface area (Å²) in [4.78, 5) is 0. The molecule has 0 fully saturated rings. The molecule has 0 aliphatic carbocycles. The molecule has 0 atom stereocenters. The lowest BCUT2D eigenvalue weighted by Gasteiger charge is -2.26. The summed E-state index contributed by atoms with van der Waals surface area (Å²) >= 11 is 0. The standard InChI is InChI=1S/C12H13BO5/c1-2-5-16-8-11-7-9-6-10(18-13(14)15)3-4-12(9)17-11/h3-4,6-7H,2,5,8H2,1H3/q-2. The summed E-state index contributed by atoms with van der Waals surface area (Å²) in [6.07, 6.45) is 0.951. The Labute approximate surface area is 105 Å². The lowest BCUT2D eigenvalue weighted by Crippen LogP contribution is -2.50. The summed E-state index contributed by atoms with van der Waals surface area (Å²) in [6.45, 7) is 3.12. The Morgan fingerprint density at radius 2 is 2.11 bits per heavy atom. The Hall–Kier alpha value is -1.50. The highest BCUT2D eigenvalue weighted by molar-refractivity contribution is 6.29. The van der Waals surface area contributed by atoms with Gasteiger partial charge in [-0.3, -0.25) is 0 Å². The minimum absolute atomic E-state index is 0.249. The van der Waals surface area contributed by atoms with Crippen LogP contribution in [0.25, 0.3) is 11.0 Å². The van der Waals surface area contributed by atoms with E-state index in [1.54, 1.807) is 12.1 Å². The highest BCUT2D eigenvalue weighted by atomic mass is 16.6. The Kier molecular flexibility index (Phi) is 4.25. The molecule has 1 aromatic carbocycles. The molecule has 18 heavy (non-hydrogen) atoms. The van der Waals surface area contributed by atoms with Crippen molar-refractivity contribution >= 4 is 18.3 Å². The van der Waals surface area contributed by atoms with Gasteiger partial charge in [0.05, 0.1) is 5.75 Å². The molecule has 0 saturated carbocycles. The molecule has 0 unspecified atom stereocenters. The second-order valence-electron chi connectivity index (χ2n) is 3.87. The Morgan fingerprint density at radius 3 is 2.83 bits per heavy atom. The maximum atomic E-state index is 10.4. The summed E-state index contributed by atoms with van der Waals surface area (Å²) in [5.74, 6) is 0.954. The smallest absolute Gasteiger partial charge is 0.134 e. The topological polar surface area (TPSA) is 77.7 Å². The number of ether oxygens (including phenoxy) is 1. The van der Waals surface area contributed by atoms with Crippen LogP contribution in [-0.2, 0) is 11.3 Å². The third-order valence-corrected chi connectivity index (χ3v) is 2.36. The van der Waals surface area contributed by atoms with Gasteiger partial charge < -0.3 is 23.9 Å². The SMILES string of the molecule is CCCOCc1cc2cc(OB([O-])[O-])ccc2o1. The van der Waals surface area contributed by atoms with Crippen molar-refractivity contribution in [2.45, 2.75) is 20.0 Å². The molecule has 2 rings (SSSR count). The van der Waals surface area contributed by atoms with E-state index < -0.39 is 7.32 Å². The van der Waals surface area contributed by atoms with Gasteiger partial charge in [0, 0.05) is 12.0 Å². The minimum atomic E-state index is -2.32. The minimum Gasteiger partial charge on any atom is -0.860 e. The fraction of sp³-hybridized carbons (Fsp3) is 0.333. The molecular formula is C12H13BO5-2. The molecule has 0 aliphatic rings. The van der Waals surface area contributed by atoms with E-state index in [2.05, 4.69) is 4.65 Å². The van der Waals surface area contributed by atoms with E-state index in [1.165, 1.54) is 6.07 Å². The zero-order chi connectivity index (χ0) is 13.0. The van der Waals surface area contributed by atoms with Crippen molar-refractivity contribution in [3.8, 4) is 5.75 Å². The van der Waals surface area contributed by atoms with Gasteiger partial charge in [0.1, 0.15) is 25.3 Å². The second-order valence-corrected chi connectivity index (χ2v) is 3.87. The van der Waals surface area contributed by atoms with Crippen LogP contribution in [0.1, 0.15) is 19.1 Å². The van der Waals surface area contributed by atoms with Crippen LogP contribution in [0.3, 0.4) is 0 Å². The molecule has 0 aliphatic heterocycles. The van der Waals surface area contributed by atoms with E-state index in [0.717, 1.165) is 11.8 Å². The largest absolute Gasteiger partial charge is 0.860 e. The van der Waals surface area contributed by atoms with Crippen LogP contribution >= 0.6 is 0 Å². The van der Waals surface area contributed by atoms with Gasteiger partial charge in [-0.05, 0) is 30.7 Å². The molecule has 1 heterocycles. The quantitative estimate of drug-likeness (QED) is 0.547. The van der Waals surface area contributed by atoms with Crippen LogP contribution in [0.5, 0.6) is 5.75 Å². The monoisotopic (exact) mass is 248 g/mol. The maximum Gasteiger partial charge on any atom is 0.134 e. The van der Waals surface area contributed by atoms with Gasteiger partial charge in [0.15, 0.2) is 0 Å². The van der Waals surface area contributed by atoms with Gasteiger partial charge in [0.2, 0.25) is 0 Å². The molecule has 0 spiro atoms. The lowest BCUT2D eigenvalue weighted by atomic mass is 10.2. The molecule has 1 aromatic heterocycles. The summed E-state index contributed by atoms with van der Waals surface area (Å²) in [7, 11) is -2.32. The predicted molar refractivity (Wildman–Crippen MR) is 62.5 cm³/mol. The molecule has 6 heteroatoms. The fourth-order valence-electron chi connectivity index (χ4n) is 1.65. The van der Waals surface area contributed by atoms with Crippen LogP contribution in [-0.4, -0.2) is 13.9 Å². The Bertz CT molecular complexity index is 508. The van der Waals surface area contributed by atoms with Gasteiger partial charge in [-0.2, -0.15) is 0 Å². The first kappa shape index (κ1) is 12.9. The molecule has 0 radical (unpaired) electrons. The molecular weight excluding hydrogens is 235 g/mol. The van der Waals surface area contributed by atoms with Crippen molar-refractivity contribution < 1.29 is 23.9 Å². The van der Waals surface area contributed by atoms with E-state index in [9.17, 15) is 10.0 Å². The van der Waals surface area contributed by atoms with E-state index in [1.807, 2.05) is 13.0 Å². The summed E-state index contributed by atoms with van der Waals surface area (Å²) in [6, 6.07) is 6.61. The van der Waals surface area contributed by atoms with Crippen molar-refractivity contribution in [3.63, 3.8) is 0 Å². The van der Waals surface area contributed by atoms with Crippen LogP contribution in [0.15, 0.2) is 28.7 Å². The number of hydrogen-bond acceptors (Lipinski definition) is 5. The third kappa shape index (κ3) is 3.26. The normalized spacial score (nSPS) is 10.8. The first-order valence-corrected chi connectivity index (χ1v) is 5.77. The van der Waals surface area contributed by atoms with Crippen molar-refractivity contribution in [3.05, 3.63) is 30.0 Å². The van der Waals surface area contributed by atoms with Gasteiger partial charge in [-0.25, -0.2) is 0 Å². The van der Waals surface area contributed by atoms with E-state index in [0.29, 0.717) is 24.6 Å². The molecule has 0 saturated heterocycles. The van der Waals surface area contributed by atoms with Gasteiger partial charge in [-0.15, -0.1) is 0 Å². The number of benzene rings is 1. The lowest BCUT2D eigenvalue weighted by molar-refractivity contribution is -0.372. The van der Waals surface area contributed by atoms with Crippen molar-refractivity contribution in [1.82, 2.24) is 0 Å². The van der Waals surface area contributed by atoms with Crippen molar-refractivity contribution in [2.75, 3.05) is 6.61 Å². The number of rotatable bonds is 6. The summed E-state index contributed by atoms with van der Waals surface area (Å²) in [5, 5.41) is 21.6. The predicted octanol–water partition coefficient (Wildman–Crippen LogP) is 0.444. The summed E-state index contributed by atoms with van der Waals surface area (Å²) < 4.78 is 15.5. The van der Waals surface area contributed by atoms with Gasteiger partial charge >= 0.3 is 0 Å². The average molecular weight is 248 g/mol. The number of hydrogen-bond donors (Lipinski definition) is 0. The number of fused-ring (bicyclic) bond motifs is 1. The van der Waals surface area contributed by atoms with Crippen LogP contribution in [0.2, 0.25) is 0 Å². The molecule has 0 N–H and O–H groups in total. The maximum absolute atomic E-state index is 10.4. The van der Waals surface area contributed by atoms with Gasteiger partial charge in [-0.1, -0.05) is 6.92 Å².